The number of benzene rings is 1. The van der Waals surface area contributed by atoms with Crippen molar-refractivity contribution in [2.24, 2.45) is 0 Å². The molecule has 1 heterocycles. The van der Waals surface area contributed by atoms with E-state index in [1.165, 1.54) is 0 Å². The molecule has 1 aromatic carbocycles. The predicted octanol–water partition coefficient (Wildman–Crippen LogP) is 1.88. The van der Waals surface area contributed by atoms with Crippen LogP contribution in [0.25, 0.3) is 0 Å². The number of carbonyl (C=O) groups excluding carboxylic acids is 2. The molecular weight excluding hydrogens is 312 g/mol. The van der Waals surface area contributed by atoms with E-state index in [-0.39, 0.29) is 18.4 Å². The molecule has 1 aliphatic heterocycles. The molecule has 7 heteroatoms. The first-order valence-electron chi connectivity index (χ1n) is 8.07. The maximum Gasteiger partial charge on any atom is 0.341 e. The third-order valence-electron chi connectivity index (χ3n) is 3.76. The van der Waals surface area contributed by atoms with Crippen molar-refractivity contribution in [2.75, 3.05) is 25.0 Å². The van der Waals surface area contributed by atoms with Gasteiger partial charge in [0.1, 0.15) is 5.75 Å². The van der Waals surface area contributed by atoms with E-state index in [2.05, 4.69) is 5.32 Å². The molecule has 0 bridgehead atoms. The van der Waals surface area contributed by atoms with Crippen molar-refractivity contribution in [3.8, 4) is 5.75 Å². The van der Waals surface area contributed by atoms with Crippen LogP contribution in [0, 0.1) is 0 Å². The Kier molecular flexibility index (Phi) is 6.60. The normalized spacial score (nSPS) is 15.3. The fraction of sp³-hybridized carbons (Fsp3) is 0.471. The maximum atomic E-state index is 12.1. The Bertz CT molecular complexity index is 585. The van der Waals surface area contributed by atoms with Crippen LogP contribution in [0.1, 0.15) is 32.1 Å². The smallest absolute Gasteiger partial charge is 0.341 e. The molecule has 0 aliphatic carbocycles. The van der Waals surface area contributed by atoms with E-state index in [1.807, 2.05) is 0 Å². The summed E-state index contributed by atoms with van der Waals surface area (Å²) in [6.07, 6.45) is 4.47. The minimum Gasteiger partial charge on any atom is -0.482 e. The number of hydrogen-bond donors (Lipinski definition) is 2. The largest absolute Gasteiger partial charge is 0.482 e. The van der Waals surface area contributed by atoms with Gasteiger partial charge < -0.3 is 20.1 Å². The van der Waals surface area contributed by atoms with E-state index < -0.39 is 12.6 Å². The van der Waals surface area contributed by atoms with Crippen LogP contribution in [-0.4, -0.2) is 47.5 Å². The van der Waals surface area contributed by atoms with Gasteiger partial charge in [0, 0.05) is 18.7 Å². The van der Waals surface area contributed by atoms with Gasteiger partial charge in [-0.25, -0.2) is 4.79 Å². The first kappa shape index (κ1) is 17.8. The molecule has 1 aromatic rings. The average Bonchev–Trinajstić information content (AvgIpc) is 2.54. The van der Waals surface area contributed by atoms with Crippen LogP contribution in [0.5, 0.6) is 5.75 Å². The number of aliphatic carboxylic acids is 1. The Morgan fingerprint density at radius 2 is 1.83 bits per heavy atom. The van der Waals surface area contributed by atoms with Crippen molar-refractivity contribution in [3.63, 3.8) is 0 Å². The van der Waals surface area contributed by atoms with Crippen molar-refractivity contribution in [2.45, 2.75) is 32.1 Å². The van der Waals surface area contributed by atoms with Gasteiger partial charge in [0.2, 0.25) is 11.8 Å². The molecule has 0 spiro atoms. The van der Waals surface area contributed by atoms with E-state index >= 15 is 0 Å². The highest BCUT2D eigenvalue weighted by atomic mass is 16.5. The van der Waals surface area contributed by atoms with Gasteiger partial charge in [0.25, 0.3) is 0 Å². The highest BCUT2D eigenvalue weighted by molar-refractivity contribution is 5.94. The number of carboxylic acids is 1. The van der Waals surface area contributed by atoms with Crippen LogP contribution < -0.4 is 10.1 Å². The minimum absolute atomic E-state index is 0.0299. The average molecular weight is 334 g/mol. The number of amides is 2. The first-order chi connectivity index (χ1) is 11.5. The van der Waals surface area contributed by atoms with Gasteiger partial charge in [0.15, 0.2) is 6.61 Å². The number of anilines is 1. The molecule has 2 N–H and O–H groups in total. The topological polar surface area (TPSA) is 95.9 Å². The Hall–Kier alpha value is -2.57. The third kappa shape index (κ3) is 5.91. The predicted molar refractivity (Wildman–Crippen MR) is 87.9 cm³/mol. The molecule has 0 saturated carbocycles. The van der Waals surface area contributed by atoms with Gasteiger partial charge in [-0.1, -0.05) is 12.8 Å². The van der Waals surface area contributed by atoms with E-state index in [4.69, 9.17) is 9.84 Å². The van der Waals surface area contributed by atoms with Gasteiger partial charge >= 0.3 is 5.97 Å². The summed E-state index contributed by atoms with van der Waals surface area (Å²) in [6.45, 7) is 0.257. The second-order valence-corrected chi connectivity index (χ2v) is 5.73. The summed E-state index contributed by atoms with van der Waals surface area (Å²) in [7, 11) is 0. The number of rotatable bonds is 6. The highest BCUT2D eigenvalue weighted by Crippen LogP contribution is 2.16. The van der Waals surface area contributed by atoms with Gasteiger partial charge in [-0.15, -0.1) is 0 Å². The number of carbonyl (C=O) groups is 3. The lowest BCUT2D eigenvalue weighted by Gasteiger charge is -2.24. The first-order valence-corrected chi connectivity index (χ1v) is 8.07. The summed E-state index contributed by atoms with van der Waals surface area (Å²) in [5.41, 5.74) is 0.571. The monoisotopic (exact) mass is 334 g/mol. The summed E-state index contributed by atoms with van der Waals surface area (Å²) >= 11 is 0. The van der Waals surface area contributed by atoms with Gasteiger partial charge in [-0.3, -0.25) is 9.59 Å². The molecule has 0 atom stereocenters. The number of hydrogen-bond acceptors (Lipinski definition) is 4. The van der Waals surface area contributed by atoms with E-state index in [1.54, 1.807) is 29.2 Å². The van der Waals surface area contributed by atoms with Gasteiger partial charge in [0.05, 0.1) is 6.54 Å². The van der Waals surface area contributed by atoms with Crippen LogP contribution in [0.3, 0.4) is 0 Å². The van der Waals surface area contributed by atoms with E-state index in [0.717, 1.165) is 25.7 Å². The zero-order valence-electron chi connectivity index (χ0n) is 13.5. The maximum absolute atomic E-state index is 12.1. The summed E-state index contributed by atoms with van der Waals surface area (Å²) in [4.78, 5) is 36.2. The second-order valence-electron chi connectivity index (χ2n) is 5.73. The van der Waals surface area contributed by atoms with Crippen LogP contribution in [0.4, 0.5) is 5.69 Å². The summed E-state index contributed by atoms with van der Waals surface area (Å²) < 4.78 is 5.02. The lowest BCUT2D eigenvalue weighted by molar-refractivity contribution is -0.139. The van der Waals surface area contributed by atoms with Crippen LogP contribution in [-0.2, 0) is 14.4 Å². The molecule has 1 aliphatic rings. The lowest BCUT2D eigenvalue weighted by atomic mass is 10.1. The summed E-state index contributed by atoms with van der Waals surface area (Å²) in [5.74, 6) is -0.856. The minimum atomic E-state index is -1.05. The number of nitrogens with zero attached hydrogens (tertiary/aromatic N) is 1. The zero-order chi connectivity index (χ0) is 17.4. The molecule has 2 amide bonds. The summed E-state index contributed by atoms with van der Waals surface area (Å²) in [6, 6.07) is 6.42. The Morgan fingerprint density at radius 3 is 2.54 bits per heavy atom. The third-order valence-corrected chi connectivity index (χ3v) is 3.76. The molecule has 1 fully saturated rings. The molecule has 2 rings (SSSR count). The van der Waals surface area contributed by atoms with Gasteiger partial charge in [-0.05, 0) is 37.1 Å². The fourth-order valence-corrected chi connectivity index (χ4v) is 2.54. The molecule has 0 radical (unpaired) electrons. The van der Waals surface area contributed by atoms with Crippen molar-refractivity contribution in [3.05, 3.63) is 24.3 Å². The number of ether oxygens (including phenoxy) is 1. The second kappa shape index (κ2) is 8.90. The van der Waals surface area contributed by atoms with Crippen molar-refractivity contribution < 1.29 is 24.2 Å². The molecule has 0 aromatic heterocycles. The van der Waals surface area contributed by atoms with Crippen molar-refractivity contribution in [1.82, 2.24) is 4.90 Å². The molecule has 1 saturated heterocycles. The summed E-state index contributed by atoms with van der Waals surface area (Å²) in [5, 5.41) is 11.3. The lowest BCUT2D eigenvalue weighted by Crippen LogP contribution is -2.39. The van der Waals surface area contributed by atoms with Crippen LogP contribution in [0.15, 0.2) is 24.3 Å². The molecule has 130 valence electrons. The van der Waals surface area contributed by atoms with Crippen molar-refractivity contribution >= 4 is 23.5 Å². The molecule has 7 nitrogen and oxygen atoms in total. The van der Waals surface area contributed by atoms with E-state index in [9.17, 15) is 14.4 Å². The standard InChI is InChI=1S/C17H22N2O5/c20-15(11-19-10-4-2-1-3-5-16(19)21)18-13-6-8-14(9-7-13)24-12-17(22)23/h6-9H,1-5,10-12H2,(H,18,20)(H,22,23). The quantitative estimate of drug-likeness (QED) is 0.828. The van der Waals surface area contributed by atoms with E-state index in [0.29, 0.717) is 24.4 Å². The molecule has 24 heavy (non-hydrogen) atoms. The number of nitrogens with one attached hydrogen (secondary N) is 1. The Morgan fingerprint density at radius 1 is 1.12 bits per heavy atom. The Labute approximate surface area is 140 Å². The van der Waals surface area contributed by atoms with Gasteiger partial charge in [-0.2, -0.15) is 0 Å². The van der Waals surface area contributed by atoms with Crippen molar-refractivity contribution in [1.29, 1.82) is 0 Å². The highest BCUT2D eigenvalue weighted by Gasteiger charge is 2.18. The van der Waals surface area contributed by atoms with Crippen LogP contribution >= 0.6 is 0 Å². The number of carboxylic acid groups (broad SMARTS) is 1. The fourth-order valence-electron chi connectivity index (χ4n) is 2.54. The number of likely N-dealkylation sites (tertiary alicyclic amines) is 1. The zero-order valence-corrected chi connectivity index (χ0v) is 13.5. The SMILES string of the molecule is O=C(O)COc1ccc(NC(=O)CN2CCCCCCC2=O)cc1. The van der Waals surface area contributed by atoms with Crippen LogP contribution in [0.2, 0.25) is 0 Å². The molecular formula is C17H22N2O5. The molecule has 0 unspecified atom stereocenters. The Balaban J connectivity index is 1.84.